The van der Waals surface area contributed by atoms with Gasteiger partial charge in [0.05, 0.1) is 17.1 Å². The summed E-state index contributed by atoms with van der Waals surface area (Å²) in [5.41, 5.74) is 4.26. The quantitative estimate of drug-likeness (QED) is 0.746. The number of carbonyl (C=O) groups is 1. The number of benzene rings is 2. The molecule has 0 spiro atoms. The molecule has 5 nitrogen and oxygen atoms in total. The van der Waals surface area contributed by atoms with E-state index >= 15 is 0 Å². The lowest BCUT2D eigenvalue weighted by molar-refractivity contribution is -0.116. The number of aryl methyl sites for hydroxylation is 3. The summed E-state index contributed by atoms with van der Waals surface area (Å²) < 4.78 is 1.83. The van der Waals surface area contributed by atoms with Crippen LogP contribution in [0.1, 0.15) is 23.4 Å². The molecule has 2 N–H and O–H groups in total. The maximum atomic E-state index is 12.3. The third-order valence-corrected chi connectivity index (χ3v) is 4.03. The van der Waals surface area contributed by atoms with E-state index in [1.165, 1.54) is 0 Å². The van der Waals surface area contributed by atoms with E-state index in [9.17, 15) is 9.90 Å². The molecule has 0 radical (unpaired) electrons. The van der Waals surface area contributed by atoms with Gasteiger partial charge in [-0.3, -0.25) is 4.79 Å². The number of aromatic hydroxyl groups is 1. The predicted octanol–water partition coefficient (Wildman–Crippen LogP) is 3.77. The Balaban J connectivity index is 1.74. The van der Waals surface area contributed by atoms with Crippen molar-refractivity contribution in [2.24, 2.45) is 0 Å². The Morgan fingerprint density at radius 2 is 1.84 bits per heavy atom. The molecule has 1 amide bonds. The van der Waals surface area contributed by atoms with Crippen molar-refractivity contribution in [2.45, 2.75) is 26.7 Å². The Morgan fingerprint density at radius 1 is 1.12 bits per heavy atom. The van der Waals surface area contributed by atoms with Crippen LogP contribution in [0.25, 0.3) is 5.69 Å². The van der Waals surface area contributed by atoms with Crippen LogP contribution in [-0.2, 0) is 11.2 Å². The molecule has 3 rings (SSSR count). The number of hydrogen-bond acceptors (Lipinski definition) is 3. The first-order valence-electron chi connectivity index (χ1n) is 8.24. The van der Waals surface area contributed by atoms with Crippen LogP contribution in [-0.4, -0.2) is 20.8 Å². The molecule has 0 aliphatic heterocycles. The van der Waals surface area contributed by atoms with Crippen LogP contribution < -0.4 is 5.32 Å². The Kier molecular flexibility index (Phi) is 4.84. The van der Waals surface area contributed by atoms with Gasteiger partial charge in [-0.05, 0) is 50.1 Å². The number of para-hydroxylation sites is 3. The number of phenols is 1. The lowest BCUT2D eigenvalue weighted by Gasteiger charge is -2.12. The van der Waals surface area contributed by atoms with Crippen molar-refractivity contribution in [3.63, 3.8) is 0 Å². The largest absolute Gasteiger partial charge is 0.508 e. The summed E-state index contributed by atoms with van der Waals surface area (Å²) in [6.07, 6.45) is 0.781. The number of amides is 1. The molecule has 0 aliphatic carbocycles. The van der Waals surface area contributed by atoms with Gasteiger partial charge in [-0.2, -0.15) is 5.10 Å². The van der Waals surface area contributed by atoms with Gasteiger partial charge in [-0.25, -0.2) is 4.68 Å². The average molecular weight is 335 g/mol. The molecule has 128 valence electrons. The first-order chi connectivity index (χ1) is 12.0. The maximum absolute atomic E-state index is 12.3. The van der Waals surface area contributed by atoms with E-state index in [0.717, 1.165) is 28.3 Å². The summed E-state index contributed by atoms with van der Waals surface area (Å²) in [6, 6.07) is 16.7. The van der Waals surface area contributed by atoms with Crippen molar-refractivity contribution in [1.82, 2.24) is 9.78 Å². The molecule has 2 aromatic carbocycles. The number of nitrogens with zero attached hydrogens (tertiary/aromatic N) is 2. The summed E-state index contributed by atoms with van der Waals surface area (Å²) in [5.74, 6) is 0.121. The predicted molar refractivity (Wildman–Crippen MR) is 98.1 cm³/mol. The van der Waals surface area contributed by atoms with Crippen LogP contribution in [0.3, 0.4) is 0 Å². The molecule has 0 aliphatic rings. The van der Waals surface area contributed by atoms with Crippen molar-refractivity contribution in [3.05, 3.63) is 71.5 Å². The zero-order valence-electron chi connectivity index (χ0n) is 14.4. The highest BCUT2D eigenvalue weighted by molar-refractivity contribution is 5.93. The standard InChI is InChI=1S/C20H21N3O2/c1-14-13-15(2)23(22-14)18-9-5-4-8-17(18)21-20(25)12-11-16-7-3-6-10-19(16)24/h3-10,13,24H,11-12H2,1-2H3,(H,21,25). The van der Waals surface area contributed by atoms with Gasteiger partial charge >= 0.3 is 0 Å². The number of rotatable bonds is 5. The SMILES string of the molecule is Cc1cc(C)n(-c2ccccc2NC(=O)CCc2ccccc2O)n1. The number of aromatic nitrogens is 2. The van der Waals surface area contributed by atoms with E-state index in [4.69, 9.17) is 0 Å². The molecule has 0 saturated carbocycles. The minimum Gasteiger partial charge on any atom is -0.508 e. The first-order valence-corrected chi connectivity index (χ1v) is 8.24. The van der Waals surface area contributed by atoms with Gasteiger partial charge in [0.15, 0.2) is 0 Å². The molecular formula is C20H21N3O2. The van der Waals surface area contributed by atoms with Crippen LogP contribution in [0.4, 0.5) is 5.69 Å². The summed E-state index contributed by atoms with van der Waals surface area (Å²) in [5, 5.41) is 17.2. The van der Waals surface area contributed by atoms with E-state index in [-0.39, 0.29) is 11.7 Å². The van der Waals surface area contributed by atoms with E-state index < -0.39 is 0 Å². The third kappa shape index (κ3) is 3.88. The fraction of sp³-hybridized carbons (Fsp3) is 0.200. The normalized spacial score (nSPS) is 10.6. The van der Waals surface area contributed by atoms with Gasteiger partial charge in [0, 0.05) is 12.1 Å². The van der Waals surface area contributed by atoms with Crippen LogP contribution in [0.5, 0.6) is 5.75 Å². The first kappa shape index (κ1) is 16.8. The maximum Gasteiger partial charge on any atom is 0.224 e. The fourth-order valence-corrected chi connectivity index (χ4v) is 2.82. The average Bonchev–Trinajstić information content (AvgIpc) is 2.93. The molecule has 0 unspecified atom stereocenters. The molecule has 5 heteroatoms. The number of carbonyl (C=O) groups excluding carboxylic acids is 1. The molecule has 0 bridgehead atoms. The Labute approximate surface area is 146 Å². The highest BCUT2D eigenvalue weighted by atomic mass is 16.3. The molecule has 25 heavy (non-hydrogen) atoms. The lowest BCUT2D eigenvalue weighted by Crippen LogP contribution is -2.15. The van der Waals surface area contributed by atoms with Crippen LogP contribution in [0.2, 0.25) is 0 Å². The van der Waals surface area contributed by atoms with Crippen molar-refractivity contribution in [3.8, 4) is 11.4 Å². The van der Waals surface area contributed by atoms with E-state index in [0.29, 0.717) is 12.8 Å². The van der Waals surface area contributed by atoms with Crippen LogP contribution in [0, 0.1) is 13.8 Å². The fourth-order valence-electron chi connectivity index (χ4n) is 2.82. The second-order valence-electron chi connectivity index (χ2n) is 6.03. The van der Waals surface area contributed by atoms with Gasteiger partial charge in [-0.1, -0.05) is 30.3 Å². The zero-order valence-corrected chi connectivity index (χ0v) is 14.4. The molecule has 1 aromatic heterocycles. The Morgan fingerprint density at radius 3 is 2.56 bits per heavy atom. The minimum atomic E-state index is -0.0998. The number of anilines is 1. The van der Waals surface area contributed by atoms with E-state index in [1.54, 1.807) is 12.1 Å². The summed E-state index contributed by atoms with van der Waals surface area (Å²) >= 11 is 0. The minimum absolute atomic E-state index is 0.0998. The van der Waals surface area contributed by atoms with Gasteiger partial charge in [0.1, 0.15) is 5.75 Å². The van der Waals surface area contributed by atoms with Crippen molar-refractivity contribution in [1.29, 1.82) is 0 Å². The molecule has 0 atom stereocenters. The van der Waals surface area contributed by atoms with Crippen LogP contribution >= 0.6 is 0 Å². The smallest absolute Gasteiger partial charge is 0.224 e. The number of nitrogens with one attached hydrogen (secondary N) is 1. The number of hydrogen-bond donors (Lipinski definition) is 2. The van der Waals surface area contributed by atoms with Crippen LogP contribution in [0.15, 0.2) is 54.6 Å². The highest BCUT2D eigenvalue weighted by Crippen LogP contribution is 2.22. The summed E-state index contributed by atoms with van der Waals surface area (Å²) in [6.45, 7) is 3.92. The van der Waals surface area contributed by atoms with Gasteiger partial charge in [0.25, 0.3) is 0 Å². The summed E-state index contributed by atoms with van der Waals surface area (Å²) in [7, 11) is 0. The van der Waals surface area contributed by atoms with Gasteiger partial charge < -0.3 is 10.4 Å². The molecule has 1 heterocycles. The van der Waals surface area contributed by atoms with Crippen molar-refractivity contribution in [2.75, 3.05) is 5.32 Å². The Hall–Kier alpha value is -3.08. The van der Waals surface area contributed by atoms with E-state index in [1.807, 2.05) is 61.0 Å². The van der Waals surface area contributed by atoms with Crippen molar-refractivity contribution < 1.29 is 9.90 Å². The lowest BCUT2D eigenvalue weighted by atomic mass is 10.1. The zero-order chi connectivity index (χ0) is 17.8. The van der Waals surface area contributed by atoms with Crippen molar-refractivity contribution >= 4 is 11.6 Å². The second-order valence-corrected chi connectivity index (χ2v) is 6.03. The molecule has 0 saturated heterocycles. The summed E-state index contributed by atoms with van der Waals surface area (Å²) in [4.78, 5) is 12.3. The second kappa shape index (κ2) is 7.21. The Bertz CT molecular complexity index is 899. The van der Waals surface area contributed by atoms with Gasteiger partial charge in [0.2, 0.25) is 5.91 Å². The monoisotopic (exact) mass is 335 g/mol. The molecule has 3 aromatic rings. The topological polar surface area (TPSA) is 67.2 Å². The molecular weight excluding hydrogens is 314 g/mol. The molecule has 0 fully saturated rings. The highest BCUT2D eigenvalue weighted by Gasteiger charge is 2.11. The van der Waals surface area contributed by atoms with E-state index in [2.05, 4.69) is 10.4 Å². The third-order valence-electron chi connectivity index (χ3n) is 4.03. The number of phenolic OH excluding ortho intramolecular Hbond substituents is 1. The van der Waals surface area contributed by atoms with Gasteiger partial charge in [-0.15, -0.1) is 0 Å².